The minimum atomic E-state index is -3.72. The summed E-state index contributed by atoms with van der Waals surface area (Å²) in [6, 6.07) is 13.8. The van der Waals surface area contributed by atoms with E-state index in [1.807, 2.05) is 18.2 Å². The van der Waals surface area contributed by atoms with Crippen molar-refractivity contribution in [1.82, 2.24) is 10.0 Å². The van der Waals surface area contributed by atoms with Crippen molar-refractivity contribution < 1.29 is 18.0 Å². The first-order chi connectivity index (χ1) is 13.4. The molecular formula is C21H24N2O4S. The highest BCUT2D eigenvalue weighted by Crippen LogP contribution is 2.29. The molecule has 0 bridgehead atoms. The maximum Gasteiger partial charge on any atom is 0.240 e. The summed E-state index contributed by atoms with van der Waals surface area (Å²) >= 11 is 0. The van der Waals surface area contributed by atoms with E-state index in [9.17, 15) is 18.0 Å². The number of amides is 1. The number of ketones is 1. The Bertz CT molecular complexity index is 968. The predicted octanol–water partition coefficient (Wildman–Crippen LogP) is 2.75. The van der Waals surface area contributed by atoms with Gasteiger partial charge in [-0.25, -0.2) is 13.1 Å². The lowest BCUT2D eigenvalue weighted by molar-refractivity contribution is -0.121. The number of hydrogen-bond donors (Lipinski definition) is 2. The molecule has 7 heteroatoms. The molecule has 0 fully saturated rings. The van der Waals surface area contributed by atoms with Crippen LogP contribution in [0.2, 0.25) is 0 Å². The van der Waals surface area contributed by atoms with Crippen LogP contribution in [0, 0.1) is 0 Å². The Hall–Kier alpha value is -2.51. The molecule has 1 amide bonds. The zero-order valence-electron chi connectivity index (χ0n) is 15.8. The molecule has 2 N–H and O–H groups in total. The van der Waals surface area contributed by atoms with Gasteiger partial charge in [-0.1, -0.05) is 36.4 Å². The molecule has 1 atom stereocenters. The SMILES string of the molecule is CC(=O)c1ccc(S(=O)(=O)NCCC(=O)N[C@@H]2CCCc3ccccc32)cc1. The lowest BCUT2D eigenvalue weighted by atomic mass is 9.88. The molecule has 1 aliphatic carbocycles. The first-order valence-corrected chi connectivity index (χ1v) is 10.8. The molecule has 0 heterocycles. The Morgan fingerprint density at radius 3 is 2.50 bits per heavy atom. The van der Waals surface area contributed by atoms with Crippen LogP contribution >= 0.6 is 0 Å². The van der Waals surface area contributed by atoms with Crippen LogP contribution in [0.1, 0.15) is 53.7 Å². The Morgan fingerprint density at radius 1 is 1.07 bits per heavy atom. The second kappa shape index (κ2) is 8.67. The van der Waals surface area contributed by atoms with Gasteiger partial charge >= 0.3 is 0 Å². The van der Waals surface area contributed by atoms with E-state index in [0.717, 1.165) is 24.8 Å². The average Bonchev–Trinajstić information content (AvgIpc) is 2.68. The van der Waals surface area contributed by atoms with Crippen LogP contribution in [-0.4, -0.2) is 26.7 Å². The summed E-state index contributed by atoms with van der Waals surface area (Å²) in [7, 11) is -3.72. The maximum atomic E-state index is 12.3. The second-order valence-corrected chi connectivity index (χ2v) is 8.71. The fraction of sp³-hybridized carbons (Fsp3) is 0.333. The third-order valence-electron chi connectivity index (χ3n) is 4.92. The van der Waals surface area contributed by atoms with Crippen LogP contribution in [0.3, 0.4) is 0 Å². The fourth-order valence-electron chi connectivity index (χ4n) is 3.42. The highest BCUT2D eigenvalue weighted by atomic mass is 32.2. The summed E-state index contributed by atoms with van der Waals surface area (Å²) < 4.78 is 27.1. The number of sulfonamides is 1. The molecule has 0 aromatic heterocycles. The van der Waals surface area contributed by atoms with Gasteiger partial charge in [-0.2, -0.15) is 0 Å². The number of fused-ring (bicyclic) bond motifs is 1. The van der Waals surface area contributed by atoms with Gasteiger partial charge in [0.2, 0.25) is 15.9 Å². The molecular weight excluding hydrogens is 376 g/mol. The number of rotatable bonds is 7. The van der Waals surface area contributed by atoms with E-state index in [1.54, 1.807) is 0 Å². The van der Waals surface area contributed by atoms with Crippen LogP contribution in [0.15, 0.2) is 53.4 Å². The van der Waals surface area contributed by atoms with E-state index >= 15 is 0 Å². The second-order valence-electron chi connectivity index (χ2n) is 6.94. The molecule has 148 valence electrons. The molecule has 0 unspecified atom stereocenters. The van der Waals surface area contributed by atoms with Crippen molar-refractivity contribution in [3.8, 4) is 0 Å². The smallest absolute Gasteiger partial charge is 0.240 e. The largest absolute Gasteiger partial charge is 0.349 e. The summed E-state index contributed by atoms with van der Waals surface area (Å²) in [5.74, 6) is -0.311. The molecule has 0 radical (unpaired) electrons. The van der Waals surface area contributed by atoms with E-state index < -0.39 is 10.0 Å². The fourth-order valence-corrected chi connectivity index (χ4v) is 4.45. The number of nitrogens with one attached hydrogen (secondary N) is 2. The quantitative estimate of drug-likeness (QED) is 0.699. The van der Waals surface area contributed by atoms with Crippen molar-refractivity contribution in [3.63, 3.8) is 0 Å². The minimum absolute atomic E-state index is 0.0109. The third-order valence-corrected chi connectivity index (χ3v) is 6.40. The highest BCUT2D eigenvalue weighted by molar-refractivity contribution is 7.89. The van der Waals surface area contributed by atoms with E-state index in [-0.39, 0.29) is 35.6 Å². The van der Waals surface area contributed by atoms with Crippen molar-refractivity contribution in [3.05, 3.63) is 65.2 Å². The van der Waals surface area contributed by atoms with Gasteiger partial charge in [0, 0.05) is 18.5 Å². The first kappa shape index (κ1) is 20.2. The van der Waals surface area contributed by atoms with Crippen molar-refractivity contribution in [1.29, 1.82) is 0 Å². The number of aryl methyl sites for hydroxylation is 1. The third kappa shape index (κ3) is 4.85. The maximum absolute atomic E-state index is 12.3. The monoisotopic (exact) mass is 400 g/mol. The molecule has 2 aromatic carbocycles. The molecule has 0 saturated carbocycles. The summed E-state index contributed by atoms with van der Waals surface area (Å²) in [5.41, 5.74) is 2.85. The van der Waals surface area contributed by atoms with E-state index in [4.69, 9.17) is 0 Å². The zero-order chi connectivity index (χ0) is 20.1. The molecule has 6 nitrogen and oxygen atoms in total. The lowest BCUT2D eigenvalue weighted by Gasteiger charge is -2.26. The topological polar surface area (TPSA) is 92.3 Å². The van der Waals surface area contributed by atoms with Gasteiger partial charge in [-0.05, 0) is 49.4 Å². The molecule has 1 aliphatic rings. The van der Waals surface area contributed by atoms with Gasteiger partial charge in [-0.3, -0.25) is 9.59 Å². The van der Waals surface area contributed by atoms with Crippen LogP contribution < -0.4 is 10.0 Å². The van der Waals surface area contributed by atoms with Crippen molar-refractivity contribution in [2.24, 2.45) is 0 Å². The average molecular weight is 401 g/mol. The molecule has 28 heavy (non-hydrogen) atoms. The van der Waals surface area contributed by atoms with Gasteiger partial charge in [0.05, 0.1) is 10.9 Å². The number of hydrogen-bond acceptors (Lipinski definition) is 4. The molecule has 0 aliphatic heterocycles. The van der Waals surface area contributed by atoms with Crippen LogP contribution in [-0.2, 0) is 21.2 Å². The number of Topliss-reactive ketones (excluding diaryl/α,β-unsaturated/α-hetero) is 1. The lowest BCUT2D eigenvalue weighted by Crippen LogP contribution is -2.34. The predicted molar refractivity (Wildman–Crippen MR) is 107 cm³/mol. The van der Waals surface area contributed by atoms with Gasteiger partial charge in [0.15, 0.2) is 5.78 Å². The van der Waals surface area contributed by atoms with Crippen LogP contribution in [0.5, 0.6) is 0 Å². The Morgan fingerprint density at radius 2 is 1.79 bits per heavy atom. The standard InChI is InChI=1S/C21H24N2O4S/c1-15(24)16-9-11-18(12-10-16)28(26,27)22-14-13-21(25)23-20-8-4-6-17-5-2-3-7-19(17)20/h2-3,5,7,9-12,20,22H,4,6,8,13-14H2,1H3,(H,23,25)/t20-/m1/s1. The van der Waals surface area contributed by atoms with E-state index in [0.29, 0.717) is 5.56 Å². The van der Waals surface area contributed by atoms with E-state index in [1.165, 1.54) is 36.8 Å². The Kier molecular flexibility index (Phi) is 6.26. The van der Waals surface area contributed by atoms with E-state index in [2.05, 4.69) is 16.1 Å². The number of carbonyl (C=O) groups excluding carboxylic acids is 2. The van der Waals surface area contributed by atoms with Crippen molar-refractivity contribution in [2.75, 3.05) is 6.54 Å². The molecule has 2 aromatic rings. The number of benzene rings is 2. The van der Waals surface area contributed by atoms with Crippen LogP contribution in [0.4, 0.5) is 0 Å². The van der Waals surface area contributed by atoms with Crippen molar-refractivity contribution >= 4 is 21.7 Å². The van der Waals surface area contributed by atoms with Crippen LogP contribution in [0.25, 0.3) is 0 Å². The van der Waals surface area contributed by atoms with Gasteiger partial charge < -0.3 is 5.32 Å². The Labute approximate surface area is 165 Å². The Balaban J connectivity index is 1.53. The van der Waals surface area contributed by atoms with Gasteiger partial charge in [0.25, 0.3) is 0 Å². The molecule has 3 rings (SSSR count). The normalized spacial score (nSPS) is 16.2. The summed E-state index contributed by atoms with van der Waals surface area (Å²) in [4.78, 5) is 23.6. The van der Waals surface area contributed by atoms with Gasteiger partial charge in [0.1, 0.15) is 0 Å². The molecule has 0 spiro atoms. The summed E-state index contributed by atoms with van der Waals surface area (Å²) in [6.07, 6.45) is 2.98. The van der Waals surface area contributed by atoms with Crippen molar-refractivity contribution in [2.45, 2.75) is 43.5 Å². The molecule has 0 saturated heterocycles. The number of carbonyl (C=O) groups is 2. The minimum Gasteiger partial charge on any atom is -0.349 e. The van der Waals surface area contributed by atoms with Gasteiger partial charge in [-0.15, -0.1) is 0 Å². The summed E-state index contributed by atoms with van der Waals surface area (Å²) in [5, 5.41) is 3.01. The zero-order valence-corrected chi connectivity index (χ0v) is 16.6. The highest BCUT2D eigenvalue weighted by Gasteiger charge is 2.21. The first-order valence-electron chi connectivity index (χ1n) is 9.34. The summed E-state index contributed by atoms with van der Waals surface area (Å²) in [6.45, 7) is 1.43.